The zero-order valence-corrected chi connectivity index (χ0v) is 13.5. The van der Waals surface area contributed by atoms with Crippen LogP contribution in [0.1, 0.15) is 58.3 Å². The predicted molar refractivity (Wildman–Crippen MR) is 84.1 cm³/mol. The molecule has 1 unspecified atom stereocenters. The maximum atomic E-state index is 4.86. The molecule has 0 aliphatic heterocycles. The van der Waals surface area contributed by atoms with Crippen LogP contribution in [-0.4, -0.2) is 29.6 Å². The van der Waals surface area contributed by atoms with E-state index in [0.29, 0.717) is 11.5 Å². The Morgan fingerprint density at radius 3 is 2.60 bits per heavy atom. The first kappa shape index (κ1) is 15.2. The molecule has 0 aromatic carbocycles. The number of nitrogens with zero attached hydrogens (tertiary/aromatic N) is 3. The van der Waals surface area contributed by atoms with Crippen LogP contribution in [0, 0.1) is 5.41 Å². The number of nitrogens with one attached hydrogen (secondary N) is 1. The normalized spacial score (nSPS) is 20.6. The summed E-state index contributed by atoms with van der Waals surface area (Å²) in [6.07, 6.45) is 4.24. The summed E-state index contributed by atoms with van der Waals surface area (Å²) in [5, 5.41) is 3.58. The minimum absolute atomic E-state index is 0.300. The first-order chi connectivity index (χ1) is 9.50. The minimum Gasteiger partial charge on any atom is -0.341 e. The van der Waals surface area contributed by atoms with E-state index in [1.807, 2.05) is 6.20 Å². The largest absolute Gasteiger partial charge is 0.341 e. The van der Waals surface area contributed by atoms with Crippen molar-refractivity contribution >= 4 is 5.95 Å². The molecule has 1 aliphatic carbocycles. The summed E-state index contributed by atoms with van der Waals surface area (Å²) >= 11 is 0. The van der Waals surface area contributed by atoms with E-state index in [1.54, 1.807) is 0 Å². The van der Waals surface area contributed by atoms with Gasteiger partial charge in [0, 0.05) is 30.9 Å². The van der Waals surface area contributed by atoms with Crippen LogP contribution in [0.5, 0.6) is 0 Å². The van der Waals surface area contributed by atoms with Crippen molar-refractivity contribution in [3.05, 3.63) is 17.5 Å². The Morgan fingerprint density at radius 1 is 1.30 bits per heavy atom. The van der Waals surface area contributed by atoms with Crippen molar-refractivity contribution in [1.29, 1.82) is 0 Å². The average molecular weight is 276 g/mol. The molecule has 0 bridgehead atoms. The Morgan fingerprint density at radius 2 is 2.00 bits per heavy atom. The van der Waals surface area contributed by atoms with Crippen molar-refractivity contribution in [2.45, 2.75) is 53.5 Å². The fraction of sp³-hybridized carbons (Fsp3) is 0.750. The average Bonchev–Trinajstić information content (AvgIpc) is 2.39. The second-order valence-corrected chi connectivity index (χ2v) is 6.40. The van der Waals surface area contributed by atoms with Crippen LogP contribution in [-0.2, 0) is 6.42 Å². The number of aromatic nitrogens is 2. The predicted octanol–water partition coefficient (Wildman–Crippen LogP) is 2.95. The molecule has 1 aliphatic rings. The smallest absolute Gasteiger partial charge is 0.225 e. The standard InChI is InChI=1S/C16H28N4/c1-6-17-13-9-16(4,5)10-14-12(13)11-18-15(19-14)20(7-2)8-3/h11,13,17H,6-10H2,1-5H3. The summed E-state index contributed by atoms with van der Waals surface area (Å²) < 4.78 is 0. The maximum absolute atomic E-state index is 4.86. The van der Waals surface area contributed by atoms with Gasteiger partial charge >= 0.3 is 0 Å². The molecule has 1 aromatic rings. The molecular formula is C16H28N4. The molecule has 1 heterocycles. The number of fused-ring (bicyclic) bond motifs is 1. The van der Waals surface area contributed by atoms with Crippen LogP contribution < -0.4 is 10.2 Å². The van der Waals surface area contributed by atoms with Gasteiger partial charge in [0.1, 0.15) is 0 Å². The molecule has 2 rings (SSSR count). The molecule has 4 heteroatoms. The Kier molecular flexibility index (Phi) is 4.63. The Hall–Kier alpha value is -1.16. The first-order valence-electron chi connectivity index (χ1n) is 7.84. The van der Waals surface area contributed by atoms with E-state index >= 15 is 0 Å². The number of rotatable bonds is 5. The summed E-state index contributed by atoms with van der Waals surface area (Å²) in [4.78, 5) is 11.7. The number of hydrogen-bond donors (Lipinski definition) is 1. The first-order valence-corrected chi connectivity index (χ1v) is 7.84. The molecule has 0 radical (unpaired) electrons. The van der Waals surface area contributed by atoms with Gasteiger partial charge in [-0.3, -0.25) is 0 Å². The molecule has 0 saturated heterocycles. The molecule has 0 spiro atoms. The topological polar surface area (TPSA) is 41.1 Å². The van der Waals surface area contributed by atoms with Gasteiger partial charge in [-0.25, -0.2) is 9.97 Å². The van der Waals surface area contributed by atoms with Gasteiger partial charge in [-0.15, -0.1) is 0 Å². The molecule has 112 valence electrons. The van der Waals surface area contributed by atoms with Crippen molar-refractivity contribution < 1.29 is 0 Å². The molecule has 0 saturated carbocycles. The Balaban J connectivity index is 2.36. The third kappa shape index (κ3) is 3.11. The second-order valence-electron chi connectivity index (χ2n) is 6.40. The molecule has 20 heavy (non-hydrogen) atoms. The third-order valence-corrected chi connectivity index (χ3v) is 4.16. The van der Waals surface area contributed by atoms with Crippen LogP contribution in [0.4, 0.5) is 5.95 Å². The van der Waals surface area contributed by atoms with Gasteiger partial charge in [0.15, 0.2) is 0 Å². The fourth-order valence-corrected chi connectivity index (χ4v) is 3.12. The molecule has 1 aromatic heterocycles. The van der Waals surface area contributed by atoms with E-state index < -0.39 is 0 Å². The van der Waals surface area contributed by atoms with E-state index in [-0.39, 0.29) is 0 Å². The van der Waals surface area contributed by atoms with Gasteiger partial charge in [-0.1, -0.05) is 20.8 Å². The highest BCUT2D eigenvalue weighted by molar-refractivity contribution is 5.36. The molecule has 1 N–H and O–H groups in total. The van der Waals surface area contributed by atoms with Crippen LogP contribution in [0.3, 0.4) is 0 Å². The second kappa shape index (κ2) is 6.08. The van der Waals surface area contributed by atoms with Crippen LogP contribution in [0.15, 0.2) is 6.20 Å². The Labute approximate surface area is 123 Å². The van der Waals surface area contributed by atoms with Crippen molar-refractivity contribution in [3.63, 3.8) is 0 Å². The van der Waals surface area contributed by atoms with Crippen LogP contribution >= 0.6 is 0 Å². The molecular weight excluding hydrogens is 248 g/mol. The number of hydrogen-bond acceptors (Lipinski definition) is 4. The summed E-state index contributed by atoms with van der Waals surface area (Å²) in [6.45, 7) is 14.0. The summed E-state index contributed by atoms with van der Waals surface area (Å²) in [5.41, 5.74) is 2.82. The highest BCUT2D eigenvalue weighted by Gasteiger charge is 2.33. The summed E-state index contributed by atoms with van der Waals surface area (Å²) in [6, 6.07) is 0.393. The van der Waals surface area contributed by atoms with Gasteiger partial charge in [0.2, 0.25) is 5.95 Å². The zero-order valence-electron chi connectivity index (χ0n) is 13.5. The van der Waals surface area contributed by atoms with Crippen LogP contribution in [0.25, 0.3) is 0 Å². The zero-order chi connectivity index (χ0) is 14.8. The lowest BCUT2D eigenvalue weighted by molar-refractivity contribution is 0.255. The van der Waals surface area contributed by atoms with E-state index in [1.165, 1.54) is 11.3 Å². The number of anilines is 1. The van der Waals surface area contributed by atoms with E-state index in [4.69, 9.17) is 4.98 Å². The SMILES string of the molecule is CCNC1CC(C)(C)Cc2nc(N(CC)CC)ncc21. The van der Waals surface area contributed by atoms with Crippen molar-refractivity contribution in [1.82, 2.24) is 15.3 Å². The molecule has 1 atom stereocenters. The maximum Gasteiger partial charge on any atom is 0.225 e. The summed E-state index contributed by atoms with van der Waals surface area (Å²) in [5.74, 6) is 0.877. The van der Waals surface area contributed by atoms with Gasteiger partial charge in [0.05, 0.1) is 5.69 Å². The fourth-order valence-electron chi connectivity index (χ4n) is 3.12. The monoisotopic (exact) mass is 276 g/mol. The lowest BCUT2D eigenvalue weighted by Gasteiger charge is -2.37. The van der Waals surface area contributed by atoms with Crippen molar-refractivity contribution in [2.75, 3.05) is 24.5 Å². The lowest BCUT2D eigenvalue weighted by Crippen LogP contribution is -2.35. The summed E-state index contributed by atoms with van der Waals surface area (Å²) in [7, 11) is 0. The highest BCUT2D eigenvalue weighted by Crippen LogP contribution is 2.40. The van der Waals surface area contributed by atoms with E-state index in [9.17, 15) is 0 Å². The highest BCUT2D eigenvalue weighted by atomic mass is 15.2. The van der Waals surface area contributed by atoms with Gasteiger partial charge in [0.25, 0.3) is 0 Å². The van der Waals surface area contributed by atoms with Gasteiger partial charge in [-0.05, 0) is 38.6 Å². The molecule has 4 nitrogen and oxygen atoms in total. The molecule has 0 fully saturated rings. The third-order valence-electron chi connectivity index (χ3n) is 4.16. The van der Waals surface area contributed by atoms with Crippen molar-refractivity contribution in [2.24, 2.45) is 5.41 Å². The Bertz CT molecular complexity index is 452. The van der Waals surface area contributed by atoms with E-state index in [2.05, 4.69) is 49.8 Å². The quantitative estimate of drug-likeness (QED) is 0.897. The van der Waals surface area contributed by atoms with Crippen molar-refractivity contribution in [3.8, 4) is 0 Å². The van der Waals surface area contributed by atoms with Gasteiger partial charge < -0.3 is 10.2 Å². The van der Waals surface area contributed by atoms with E-state index in [0.717, 1.165) is 38.4 Å². The van der Waals surface area contributed by atoms with Crippen LogP contribution in [0.2, 0.25) is 0 Å². The molecule has 0 amide bonds. The minimum atomic E-state index is 0.300. The van der Waals surface area contributed by atoms with Gasteiger partial charge in [-0.2, -0.15) is 0 Å². The lowest BCUT2D eigenvalue weighted by atomic mass is 9.74.